The van der Waals surface area contributed by atoms with E-state index in [4.69, 9.17) is 19.4 Å². The maximum Gasteiger partial charge on any atom is 0.490 e. The molecular weight excluding hydrogens is 424 g/mol. The second-order valence-corrected chi connectivity index (χ2v) is 7.44. The Morgan fingerprint density at radius 1 is 1.16 bits per heavy atom. The first-order chi connectivity index (χ1) is 14.6. The summed E-state index contributed by atoms with van der Waals surface area (Å²) in [6.07, 6.45) is -3.30. The maximum atomic E-state index is 13.1. The number of carboxylic acids is 1. The number of ether oxygens (including phenoxy) is 2. The fourth-order valence-electron chi connectivity index (χ4n) is 3.67. The second-order valence-electron chi connectivity index (χ2n) is 7.44. The van der Waals surface area contributed by atoms with Crippen molar-refractivity contribution in [1.82, 2.24) is 9.80 Å². The van der Waals surface area contributed by atoms with Crippen molar-refractivity contribution >= 4 is 11.9 Å². The highest BCUT2D eigenvalue weighted by molar-refractivity contribution is 5.77. The molecule has 2 fully saturated rings. The molecule has 1 spiro atoms. The number of aliphatic carboxylic acids is 1. The molecular formula is C20H26F4N2O5. The van der Waals surface area contributed by atoms with Gasteiger partial charge < -0.3 is 19.5 Å². The van der Waals surface area contributed by atoms with E-state index in [1.807, 2.05) is 17.0 Å². The number of hydrogen-bond acceptors (Lipinski definition) is 5. The molecule has 0 aliphatic carbocycles. The zero-order chi connectivity index (χ0) is 23.1. The molecule has 3 rings (SSSR count). The van der Waals surface area contributed by atoms with Crippen molar-refractivity contribution in [3.8, 4) is 0 Å². The van der Waals surface area contributed by atoms with Gasteiger partial charge in [0.25, 0.3) is 0 Å². The molecule has 2 saturated heterocycles. The van der Waals surface area contributed by atoms with Crippen LogP contribution in [0.15, 0.2) is 24.3 Å². The summed E-state index contributed by atoms with van der Waals surface area (Å²) in [6, 6.07) is 6.70. The SMILES string of the molecule is COCC(=O)N1CCC2(CC1)COCCN2Cc1ccc(F)cc1.O=C(O)C(F)(F)F. The minimum Gasteiger partial charge on any atom is -0.475 e. The average Bonchev–Trinajstić information content (AvgIpc) is 2.72. The van der Waals surface area contributed by atoms with Crippen LogP contribution in [0.1, 0.15) is 18.4 Å². The van der Waals surface area contributed by atoms with Crippen molar-refractivity contribution in [3.63, 3.8) is 0 Å². The van der Waals surface area contributed by atoms with E-state index in [1.54, 1.807) is 7.11 Å². The lowest BCUT2D eigenvalue weighted by Crippen LogP contribution is -2.61. The summed E-state index contributed by atoms with van der Waals surface area (Å²) >= 11 is 0. The van der Waals surface area contributed by atoms with Gasteiger partial charge in [-0.1, -0.05) is 12.1 Å². The van der Waals surface area contributed by atoms with E-state index in [9.17, 15) is 22.4 Å². The molecule has 0 atom stereocenters. The van der Waals surface area contributed by atoms with Crippen LogP contribution in [0.4, 0.5) is 17.6 Å². The summed E-state index contributed by atoms with van der Waals surface area (Å²) in [7, 11) is 1.54. The van der Waals surface area contributed by atoms with Gasteiger partial charge in [0.15, 0.2) is 0 Å². The summed E-state index contributed by atoms with van der Waals surface area (Å²) in [6.45, 7) is 4.66. The van der Waals surface area contributed by atoms with Gasteiger partial charge in [-0.2, -0.15) is 13.2 Å². The van der Waals surface area contributed by atoms with E-state index < -0.39 is 12.1 Å². The highest BCUT2D eigenvalue weighted by atomic mass is 19.4. The van der Waals surface area contributed by atoms with E-state index in [0.29, 0.717) is 6.61 Å². The molecule has 0 saturated carbocycles. The van der Waals surface area contributed by atoms with Crippen molar-refractivity contribution in [2.75, 3.05) is 46.6 Å². The van der Waals surface area contributed by atoms with Crippen LogP contribution >= 0.6 is 0 Å². The van der Waals surface area contributed by atoms with E-state index in [1.165, 1.54) is 12.1 Å². The van der Waals surface area contributed by atoms with Crippen LogP contribution in [0.2, 0.25) is 0 Å². The Morgan fingerprint density at radius 2 is 1.74 bits per heavy atom. The van der Waals surface area contributed by atoms with E-state index in [0.717, 1.165) is 51.2 Å². The number of carbonyl (C=O) groups excluding carboxylic acids is 1. The predicted molar refractivity (Wildman–Crippen MR) is 102 cm³/mol. The lowest BCUT2D eigenvalue weighted by Gasteiger charge is -2.51. The Morgan fingerprint density at radius 3 is 2.26 bits per heavy atom. The van der Waals surface area contributed by atoms with Crippen molar-refractivity contribution in [2.45, 2.75) is 31.1 Å². The van der Waals surface area contributed by atoms with Crippen LogP contribution in [-0.2, 0) is 25.6 Å². The second kappa shape index (κ2) is 10.9. The summed E-state index contributed by atoms with van der Waals surface area (Å²) in [4.78, 5) is 25.2. The topological polar surface area (TPSA) is 79.3 Å². The molecule has 1 N–H and O–H groups in total. The van der Waals surface area contributed by atoms with Gasteiger partial charge in [-0.3, -0.25) is 9.69 Å². The molecule has 2 aliphatic heterocycles. The molecule has 11 heteroatoms. The van der Waals surface area contributed by atoms with Crippen molar-refractivity contribution in [2.24, 2.45) is 0 Å². The molecule has 2 heterocycles. The normalized spacial score (nSPS) is 18.9. The van der Waals surface area contributed by atoms with E-state index in [-0.39, 0.29) is 23.9 Å². The fraction of sp³-hybridized carbons (Fsp3) is 0.600. The number of likely N-dealkylation sites (tertiary alicyclic amines) is 1. The number of amides is 1. The number of morpholine rings is 1. The molecule has 1 amide bonds. The van der Waals surface area contributed by atoms with Gasteiger partial charge in [0.2, 0.25) is 5.91 Å². The third-order valence-corrected chi connectivity index (χ3v) is 5.39. The monoisotopic (exact) mass is 450 g/mol. The fourth-order valence-corrected chi connectivity index (χ4v) is 3.67. The van der Waals surface area contributed by atoms with E-state index in [2.05, 4.69) is 4.90 Å². The minimum atomic E-state index is -5.08. The molecule has 1 aromatic carbocycles. The number of benzene rings is 1. The van der Waals surface area contributed by atoms with Gasteiger partial charge in [-0.15, -0.1) is 0 Å². The number of nitrogens with zero attached hydrogens (tertiary/aromatic N) is 2. The molecule has 1 aromatic rings. The number of alkyl halides is 3. The first-order valence-corrected chi connectivity index (χ1v) is 9.71. The largest absolute Gasteiger partial charge is 0.490 e. The standard InChI is InChI=1S/C18H25FN2O3.C2HF3O2/c1-23-13-17(22)20-8-6-18(7-9-20)14-24-11-10-21(18)12-15-2-4-16(19)5-3-15;3-2(4,5)1(6)7/h2-5H,6-14H2,1H3;(H,6,7). The van der Waals surface area contributed by atoms with Crippen molar-refractivity contribution in [1.29, 1.82) is 0 Å². The smallest absolute Gasteiger partial charge is 0.475 e. The molecule has 0 aromatic heterocycles. The Bertz CT molecular complexity index is 734. The van der Waals surface area contributed by atoms with Gasteiger partial charge in [0.05, 0.1) is 13.2 Å². The molecule has 7 nitrogen and oxygen atoms in total. The number of rotatable bonds is 4. The molecule has 0 unspecified atom stereocenters. The van der Waals surface area contributed by atoms with Gasteiger partial charge in [0, 0.05) is 38.8 Å². The Labute approximate surface area is 177 Å². The average molecular weight is 450 g/mol. The summed E-state index contributed by atoms with van der Waals surface area (Å²) in [5.41, 5.74) is 1.08. The van der Waals surface area contributed by atoms with Gasteiger partial charge in [0.1, 0.15) is 12.4 Å². The number of hydrogen-bond donors (Lipinski definition) is 1. The van der Waals surface area contributed by atoms with Crippen LogP contribution in [0, 0.1) is 5.82 Å². The van der Waals surface area contributed by atoms with Crippen molar-refractivity contribution < 1.29 is 41.7 Å². The molecule has 0 radical (unpaired) electrons. The molecule has 174 valence electrons. The summed E-state index contributed by atoms with van der Waals surface area (Å²) in [5, 5.41) is 7.12. The lowest BCUT2D eigenvalue weighted by atomic mass is 9.85. The number of halogens is 4. The van der Waals surface area contributed by atoms with Gasteiger partial charge in [-0.25, -0.2) is 9.18 Å². The van der Waals surface area contributed by atoms with Crippen LogP contribution in [0.3, 0.4) is 0 Å². The highest BCUT2D eigenvalue weighted by Gasteiger charge is 2.42. The quantitative estimate of drug-likeness (QED) is 0.710. The highest BCUT2D eigenvalue weighted by Crippen LogP contribution is 2.33. The van der Waals surface area contributed by atoms with Gasteiger partial charge >= 0.3 is 12.1 Å². The number of carbonyl (C=O) groups is 2. The third-order valence-electron chi connectivity index (χ3n) is 5.39. The summed E-state index contributed by atoms with van der Waals surface area (Å²) < 4.78 is 55.6. The van der Waals surface area contributed by atoms with E-state index >= 15 is 0 Å². The first kappa shape index (κ1) is 25.0. The van der Waals surface area contributed by atoms with Crippen LogP contribution < -0.4 is 0 Å². The van der Waals surface area contributed by atoms with Crippen LogP contribution in [0.25, 0.3) is 0 Å². The molecule has 2 aliphatic rings. The van der Waals surface area contributed by atoms with Gasteiger partial charge in [-0.05, 0) is 30.5 Å². The molecule has 0 bridgehead atoms. The number of carboxylic acid groups (broad SMARTS) is 1. The van der Waals surface area contributed by atoms with Crippen molar-refractivity contribution in [3.05, 3.63) is 35.6 Å². The summed E-state index contributed by atoms with van der Waals surface area (Å²) in [5.74, 6) is -2.91. The molecule has 31 heavy (non-hydrogen) atoms. The Balaban J connectivity index is 0.000000423. The van der Waals surface area contributed by atoms with Crippen LogP contribution in [-0.4, -0.2) is 85.1 Å². The zero-order valence-corrected chi connectivity index (χ0v) is 17.2. The maximum absolute atomic E-state index is 13.1. The minimum absolute atomic E-state index is 0.0313. The lowest BCUT2D eigenvalue weighted by molar-refractivity contribution is -0.192. The first-order valence-electron chi connectivity index (χ1n) is 9.71. The Hall–Kier alpha value is -2.24. The predicted octanol–water partition coefficient (Wildman–Crippen LogP) is 2.30. The Kier molecular flexibility index (Phi) is 8.78. The number of methoxy groups -OCH3 is 1. The zero-order valence-electron chi connectivity index (χ0n) is 17.2. The number of piperidine rings is 1. The third kappa shape index (κ3) is 7.15. The van der Waals surface area contributed by atoms with Crippen LogP contribution in [0.5, 0.6) is 0 Å².